The van der Waals surface area contributed by atoms with Gasteiger partial charge in [0, 0.05) is 17.1 Å². The summed E-state index contributed by atoms with van der Waals surface area (Å²) in [5.41, 5.74) is 2.68. The number of ether oxygens (including phenoxy) is 2. The molecule has 0 spiro atoms. The van der Waals surface area contributed by atoms with Gasteiger partial charge in [0.25, 0.3) is 0 Å². The summed E-state index contributed by atoms with van der Waals surface area (Å²) in [6, 6.07) is 12.0. The van der Waals surface area contributed by atoms with Crippen LogP contribution in [0, 0.1) is 6.92 Å². The molecule has 36 heavy (non-hydrogen) atoms. The first-order valence-corrected chi connectivity index (χ1v) is 12.1. The summed E-state index contributed by atoms with van der Waals surface area (Å²) in [6.07, 6.45) is 4.04. The van der Waals surface area contributed by atoms with Crippen molar-refractivity contribution >= 4 is 5.78 Å². The molecule has 0 saturated carbocycles. The van der Waals surface area contributed by atoms with E-state index in [2.05, 4.69) is 30.7 Å². The van der Waals surface area contributed by atoms with Crippen LogP contribution in [0.4, 0.5) is 8.78 Å². The molecule has 194 valence electrons. The first kappa shape index (κ1) is 27.8. The maximum atomic E-state index is 13.1. The lowest BCUT2D eigenvalue weighted by molar-refractivity contribution is -0.700. The molecule has 0 saturated heterocycles. The van der Waals surface area contributed by atoms with Gasteiger partial charge in [-0.15, -0.1) is 4.68 Å². The Kier molecular flexibility index (Phi) is 9.59. The van der Waals surface area contributed by atoms with E-state index in [0.29, 0.717) is 17.3 Å². The number of nitrogens with zero attached hydrogens (tertiary/aromatic N) is 3. The molecule has 0 unspecified atom stereocenters. The molecule has 6 nitrogen and oxygen atoms in total. The molecule has 3 aromatic rings. The van der Waals surface area contributed by atoms with Crippen LogP contribution in [0.25, 0.3) is 0 Å². The summed E-state index contributed by atoms with van der Waals surface area (Å²) in [7, 11) is 0. The van der Waals surface area contributed by atoms with Crippen LogP contribution < -0.4 is 31.0 Å². The smallest absolute Gasteiger partial charge is 0.387 e. The minimum absolute atomic E-state index is 0. The van der Waals surface area contributed by atoms with Crippen LogP contribution in [0.3, 0.4) is 0 Å². The van der Waals surface area contributed by atoms with Crippen LogP contribution in [0.15, 0.2) is 42.5 Å². The maximum absolute atomic E-state index is 13.1. The normalized spacial score (nSPS) is 13.2. The summed E-state index contributed by atoms with van der Waals surface area (Å²) in [4.78, 5) is 13.1. The van der Waals surface area contributed by atoms with E-state index in [1.54, 1.807) is 0 Å². The van der Waals surface area contributed by atoms with Gasteiger partial charge in [-0.1, -0.05) is 26.0 Å². The lowest BCUT2D eigenvalue weighted by Crippen LogP contribution is -3.00. The number of ketones is 1. The standard InChI is InChI=1S/C27H32F2N3O3.BrH/c1-18(2)22-13-8-19(3)15-24(22)34-17-25-30-32-14-6-4-5-7-26(32)31(25)16-23(33)20-9-11-21(12-10-20)35-27(28)29;/h8-13,15,18,27H,4-7,14,16-17H2,1-3H3;1H/q+1;/p-1. The van der Waals surface area contributed by atoms with Crippen LogP contribution in [-0.2, 0) is 26.1 Å². The highest BCUT2D eigenvalue weighted by Crippen LogP contribution is 2.28. The number of hydrogen-bond donors (Lipinski definition) is 0. The highest BCUT2D eigenvalue weighted by atomic mass is 79.9. The summed E-state index contributed by atoms with van der Waals surface area (Å²) in [6.45, 7) is 4.56. The third kappa shape index (κ3) is 6.69. The third-order valence-corrected chi connectivity index (χ3v) is 6.28. The topological polar surface area (TPSA) is 57.2 Å². The number of carbonyl (C=O) groups excluding carboxylic acids is 1. The van der Waals surface area contributed by atoms with Gasteiger partial charge in [-0.25, -0.2) is 4.57 Å². The summed E-state index contributed by atoms with van der Waals surface area (Å²) < 4.78 is 39.5. The van der Waals surface area contributed by atoms with Crippen molar-refractivity contribution < 1.29 is 44.6 Å². The number of aryl methyl sites for hydroxylation is 2. The quantitative estimate of drug-likeness (QED) is 0.296. The minimum atomic E-state index is -2.90. The Hall–Kier alpha value is -2.81. The molecule has 2 aromatic carbocycles. The molecule has 0 N–H and O–H groups in total. The van der Waals surface area contributed by atoms with E-state index in [-0.39, 0.29) is 41.7 Å². The second kappa shape index (κ2) is 12.4. The van der Waals surface area contributed by atoms with E-state index in [0.717, 1.165) is 54.9 Å². The predicted octanol–water partition coefficient (Wildman–Crippen LogP) is 2.40. The van der Waals surface area contributed by atoms with Gasteiger partial charge in [0.15, 0.2) is 12.4 Å². The molecule has 1 aromatic heterocycles. The average molecular weight is 564 g/mol. The Bertz CT molecular complexity index is 1180. The van der Waals surface area contributed by atoms with Gasteiger partial charge in [0.2, 0.25) is 5.82 Å². The van der Waals surface area contributed by atoms with Crippen LogP contribution in [-0.4, -0.2) is 22.2 Å². The fourth-order valence-electron chi connectivity index (χ4n) is 4.44. The summed E-state index contributed by atoms with van der Waals surface area (Å²) in [5, 5.41) is 4.82. The Balaban J connectivity index is 0.00000361. The van der Waals surface area contributed by atoms with Crippen LogP contribution in [0.2, 0.25) is 0 Å². The lowest BCUT2D eigenvalue weighted by atomic mass is 10.0. The first-order valence-electron chi connectivity index (χ1n) is 12.1. The molecule has 4 rings (SSSR count). The van der Waals surface area contributed by atoms with Gasteiger partial charge in [0.1, 0.15) is 24.6 Å². The van der Waals surface area contributed by atoms with Crippen LogP contribution in [0.1, 0.15) is 72.2 Å². The predicted molar refractivity (Wildman–Crippen MR) is 127 cm³/mol. The number of fused-ring (bicyclic) bond motifs is 1. The van der Waals surface area contributed by atoms with Crippen molar-refractivity contribution in [3.05, 3.63) is 70.8 Å². The number of halogens is 3. The average Bonchev–Trinajstić information content (AvgIpc) is 2.97. The maximum Gasteiger partial charge on any atom is 0.387 e. The Morgan fingerprint density at radius 3 is 2.56 bits per heavy atom. The molecule has 0 radical (unpaired) electrons. The second-order valence-corrected chi connectivity index (χ2v) is 9.26. The van der Waals surface area contributed by atoms with Gasteiger partial charge < -0.3 is 26.5 Å². The Morgan fingerprint density at radius 2 is 1.86 bits per heavy atom. The number of aromatic nitrogens is 3. The summed E-state index contributed by atoms with van der Waals surface area (Å²) >= 11 is 0. The van der Waals surface area contributed by atoms with Crippen molar-refractivity contribution in [2.45, 2.75) is 78.7 Å². The van der Waals surface area contributed by atoms with Crippen molar-refractivity contribution in [1.82, 2.24) is 9.78 Å². The molecule has 1 aliphatic rings. The van der Waals surface area contributed by atoms with Crippen molar-refractivity contribution in [2.24, 2.45) is 0 Å². The molecule has 1 aliphatic heterocycles. The van der Waals surface area contributed by atoms with Crippen LogP contribution in [0.5, 0.6) is 11.5 Å². The van der Waals surface area contributed by atoms with Crippen molar-refractivity contribution in [3.63, 3.8) is 0 Å². The van der Waals surface area contributed by atoms with Crippen molar-refractivity contribution in [2.75, 3.05) is 0 Å². The number of alkyl halides is 2. The molecular weight excluding hydrogens is 532 g/mol. The molecular formula is C27H32BrF2N3O3. The van der Waals surface area contributed by atoms with E-state index in [4.69, 9.17) is 9.84 Å². The molecule has 0 fully saturated rings. The van der Waals surface area contributed by atoms with E-state index in [9.17, 15) is 13.6 Å². The van der Waals surface area contributed by atoms with Gasteiger partial charge in [-0.05, 0) is 73.6 Å². The van der Waals surface area contributed by atoms with E-state index < -0.39 is 6.61 Å². The molecule has 0 atom stereocenters. The number of Topliss-reactive ketones (excluding diaryl/α,β-unsaturated/α-hetero) is 1. The first-order chi connectivity index (χ1) is 16.8. The highest BCUT2D eigenvalue weighted by Gasteiger charge is 2.29. The molecule has 0 bridgehead atoms. The zero-order chi connectivity index (χ0) is 24.9. The van der Waals surface area contributed by atoms with Gasteiger partial charge in [-0.2, -0.15) is 8.78 Å². The largest absolute Gasteiger partial charge is 1.00 e. The Morgan fingerprint density at radius 1 is 1.11 bits per heavy atom. The minimum Gasteiger partial charge on any atom is -1.00 e. The number of carbonyl (C=O) groups is 1. The van der Waals surface area contributed by atoms with E-state index in [1.165, 1.54) is 24.3 Å². The number of benzene rings is 2. The number of rotatable bonds is 9. The molecule has 9 heteroatoms. The van der Waals surface area contributed by atoms with Crippen LogP contribution >= 0.6 is 0 Å². The van der Waals surface area contributed by atoms with Crippen molar-refractivity contribution in [3.8, 4) is 11.5 Å². The fraction of sp³-hybridized carbons (Fsp3) is 0.444. The Labute approximate surface area is 221 Å². The second-order valence-electron chi connectivity index (χ2n) is 9.26. The molecule has 0 amide bonds. The molecule has 2 heterocycles. The summed E-state index contributed by atoms with van der Waals surface area (Å²) in [5.74, 6) is 2.75. The number of hydrogen-bond acceptors (Lipinski definition) is 4. The lowest BCUT2D eigenvalue weighted by Gasteiger charge is -2.14. The fourth-order valence-corrected chi connectivity index (χ4v) is 4.44. The van der Waals surface area contributed by atoms with Gasteiger partial charge in [0.05, 0.1) is 0 Å². The molecule has 0 aliphatic carbocycles. The third-order valence-electron chi connectivity index (χ3n) is 6.28. The van der Waals surface area contributed by atoms with E-state index >= 15 is 0 Å². The zero-order valence-corrected chi connectivity index (χ0v) is 22.4. The van der Waals surface area contributed by atoms with Crippen molar-refractivity contribution in [1.29, 1.82) is 0 Å². The van der Waals surface area contributed by atoms with Gasteiger partial charge in [-0.3, -0.25) is 4.79 Å². The van der Waals surface area contributed by atoms with E-state index in [1.807, 2.05) is 22.2 Å². The SMILES string of the molecule is Cc1ccc(C(C)C)c(OCc2nn3c([n+]2CC(=O)c2ccc(OC(F)F)cc2)CCCCC3)c1.[Br-]. The monoisotopic (exact) mass is 563 g/mol. The highest BCUT2D eigenvalue weighted by molar-refractivity contribution is 5.95. The van der Waals surface area contributed by atoms with Gasteiger partial charge >= 0.3 is 12.4 Å². The zero-order valence-electron chi connectivity index (χ0n) is 20.8.